The minimum atomic E-state index is -0.0944. The first kappa shape index (κ1) is 13.0. The van der Waals surface area contributed by atoms with E-state index < -0.39 is 0 Å². The zero-order valence-electron chi connectivity index (χ0n) is 6.80. The molecule has 0 fully saturated rings. The van der Waals surface area contributed by atoms with Crippen molar-refractivity contribution in [3.8, 4) is 0 Å². The number of ketones is 1. The van der Waals surface area contributed by atoms with Gasteiger partial charge in [-0.05, 0) is 54.7 Å². The molecule has 1 aromatic carbocycles. The van der Waals surface area contributed by atoms with E-state index in [4.69, 9.17) is 23.2 Å². The molecular formula is C8H3Br3Cl2O. The van der Waals surface area contributed by atoms with Crippen molar-refractivity contribution in [1.82, 2.24) is 0 Å². The normalized spacial score (nSPS) is 10.4. The lowest BCUT2D eigenvalue weighted by atomic mass is 10.1. The van der Waals surface area contributed by atoms with Gasteiger partial charge < -0.3 is 0 Å². The van der Waals surface area contributed by atoms with Crippen molar-refractivity contribution in [3.63, 3.8) is 0 Å². The Bertz CT molecular complexity index is 389. The Labute approximate surface area is 117 Å². The summed E-state index contributed by atoms with van der Waals surface area (Å²) in [5, 5.41) is 0.697. The standard InChI is InChI=1S/C8H3Br3Cl2O/c1-2(14)3-4(9)6(11)8(13)7(12)5(3)10/h1H3. The fraction of sp³-hybridized carbons (Fsp3) is 0.125. The summed E-state index contributed by atoms with van der Waals surface area (Å²) in [6.07, 6.45) is 0. The largest absolute Gasteiger partial charge is 0.294 e. The SMILES string of the molecule is CC(=O)c1c(Br)c(Cl)c(Cl)c(Br)c1Br. The molecule has 0 aliphatic heterocycles. The molecule has 0 heterocycles. The van der Waals surface area contributed by atoms with E-state index >= 15 is 0 Å². The highest BCUT2D eigenvalue weighted by atomic mass is 79.9. The molecule has 14 heavy (non-hydrogen) atoms. The summed E-state index contributed by atoms with van der Waals surface area (Å²) in [6, 6.07) is 0. The molecule has 1 rings (SSSR count). The number of Topliss-reactive ketones (excluding diaryl/α,β-unsaturated/α-hetero) is 1. The number of rotatable bonds is 1. The quantitative estimate of drug-likeness (QED) is 0.331. The first-order valence-corrected chi connectivity index (χ1v) is 6.53. The molecule has 0 unspecified atom stereocenters. The maximum absolute atomic E-state index is 11.3. The number of hydrogen-bond acceptors (Lipinski definition) is 1. The molecule has 0 bridgehead atoms. The lowest BCUT2D eigenvalue weighted by molar-refractivity contribution is 0.101. The Hall–Kier alpha value is 0.910. The lowest BCUT2D eigenvalue weighted by Gasteiger charge is -2.10. The van der Waals surface area contributed by atoms with Crippen molar-refractivity contribution in [2.45, 2.75) is 6.92 Å². The molecule has 1 nitrogen and oxygen atoms in total. The zero-order chi connectivity index (χ0) is 11.0. The number of carbonyl (C=O) groups excluding carboxylic acids is 1. The van der Waals surface area contributed by atoms with E-state index in [1.54, 1.807) is 0 Å². The monoisotopic (exact) mass is 422 g/mol. The third-order valence-electron chi connectivity index (χ3n) is 1.56. The van der Waals surface area contributed by atoms with Gasteiger partial charge >= 0.3 is 0 Å². The third-order valence-corrected chi connectivity index (χ3v) is 5.78. The minimum absolute atomic E-state index is 0.0944. The van der Waals surface area contributed by atoms with Crippen LogP contribution in [-0.4, -0.2) is 5.78 Å². The first-order chi connectivity index (χ1) is 6.37. The number of hydrogen-bond donors (Lipinski definition) is 0. The fourth-order valence-electron chi connectivity index (χ4n) is 0.914. The summed E-state index contributed by atoms with van der Waals surface area (Å²) in [7, 11) is 0. The summed E-state index contributed by atoms with van der Waals surface area (Å²) < 4.78 is 1.69. The van der Waals surface area contributed by atoms with E-state index in [2.05, 4.69) is 47.8 Å². The van der Waals surface area contributed by atoms with Crippen LogP contribution in [0.5, 0.6) is 0 Å². The molecule has 0 N–H and O–H groups in total. The predicted octanol–water partition coefficient (Wildman–Crippen LogP) is 5.48. The van der Waals surface area contributed by atoms with Gasteiger partial charge in [0.05, 0.1) is 14.5 Å². The van der Waals surface area contributed by atoms with Crippen LogP contribution in [0.15, 0.2) is 13.4 Å². The molecule has 1 aromatic rings. The minimum Gasteiger partial charge on any atom is -0.294 e. The third kappa shape index (κ3) is 2.19. The molecule has 0 aliphatic rings. The molecule has 76 valence electrons. The molecule has 0 aliphatic carbocycles. The van der Waals surface area contributed by atoms with Crippen LogP contribution in [0.3, 0.4) is 0 Å². The molecule has 0 atom stereocenters. The van der Waals surface area contributed by atoms with Crippen molar-refractivity contribution in [2.75, 3.05) is 0 Å². The maximum atomic E-state index is 11.3. The highest BCUT2D eigenvalue weighted by molar-refractivity contribution is 9.13. The highest BCUT2D eigenvalue weighted by Gasteiger charge is 2.20. The second-order valence-electron chi connectivity index (χ2n) is 2.50. The van der Waals surface area contributed by atoms with Gasteiger partial charge in [-0.15, -0.1) is 0 Å². The first-order valence-electron chi connectivity index (χ1n) is 3.40. The summed E-state index contributed by atoms with van der Waals surface area (Å²) in [4.78, 5) is 11.3. The van der Waals surface area contributed by atoms with E-state index in [0.29, 0.717) is 29.0 Å². The molecule has 0 saturated heterocycles. The van der Waals surface area contributed by atoms with Crippen LogP contribution in [0, 0.1) is 0 Å². The summed E-state index contributed by atoms with van der Waals surface area (Å²) in [5.41, 5.74) is 0.478. The number of halogens is 5. The van der Waals surface area contributed by atoms with Crippen LogP contribution in [0.25, 0.3) is 0 Å². The van der Waals surface area contributed by atoms with Crippen molar-refractivity contribution < 1.29 is 4.79 Å². The van der Waals surface area contributed by atoms with Gasteiger partial charge in [0.2, 0.25) is 0 Å². The second-order valence-corrected chi connectivity index (χ2v) is 5.64. The van der Waals surface area contributed by atoms with E-state index in [0.717, 1.165) is 0 Å². The van der Waals surface area contributed by atoms with Crippen LogP contribution >= 0.6 is 71.0 Å². The van der Waals surface area contributed by atoms with Crippen LogP contribution in [0.1, 0.15) is 17.3 Å². The van der Waals surface area contributed by atoms with Gasteiger partial charge in [0.15, 0.2) is 5.78 Å². The summed E-state index contributed by atoms with van der Waals surface area (Å²) >= 11 is 21.6. The van der Waals surface area contributed by atoms with Crippen molar-refractivity contribution in [1.29, 1.82) is 0 Å². The molecule has 0 aromatic heterocycles. The van der Waals surface area contributed by atoms with Crippen molar-refractivity contribution in [3.05, 3.63) is 29.0 Å². The van der Waals surface area contributed by atoms with E-state index in [1.165, 1.54) is 6.92 Å². The average molecular weight is 426 g/mol. The second kappa shape index (κ2) is 4.83. The Morgan fingerprint density at radius 2 is 1.43 bits per heavy atom. The molecular weight excluding hydrogens is 423 g/mol. The maximum Gasteiger partial charge on any atom is 0.162 e. The smallest absolute Gasteiger partial charge is 0.162 e. The topological polar surface area (TPSA) is 17.1 Å². The summed E-state index contributed by atoms with van der Waals surface area (Å²) in [6.45, 7) is 1.46. The summed E-state index contributed by atoms with van der Waals surface area (Å²) in [5.74, 6) is -0.0944. The van der Waals surface area contributed by atoms with Crippen LogP contribution < -0.4 is 0 Å². The van der Waals surface area contributed by atoms with Gasteiger partial charge in [-0.2, -0.15) is 0 Å². The van der Waals surface area contributed by atoms with Gasteiger partial charge in [-0.3, -0.25) is 4.79 Å². The number of benzene rings is 1. The molecule has 6 heteroatoms. The highest BCUT2D eigenvalue weighted by Crippen LogP contribution is 2.44. The van der Waals surface area contributed by atoms with E-state index in [9.17, 15) is 4.79 Å². The Morgan fingerprint density at radius 3 is 1.86 bits per heavy atom. The Kier molecular flexibility index (Phi) is 4.48. The van der Waals surface area contributed by atoms with Crippen LogP contribution in [0.4, 0.5) is 0 Å². The van der Waals surface area contributed by atoms with E-state index in [-0.39, 0.29) is 5.78 Å². The predicted molar refractivity (Wildman–Crippen MR) is 69.6 cm³/mol. The fourth-order valence-corrected chi connectivity index (χ4v) is 3.65. The molecule has 0 spiro atoms. The van der Waals surface area contributed by atoms with Gasteiger partial charge in [0.1, 0.15) is 0 Å². The average Bonchev–Trinajstić information content (AvgIpc) is 2.11. The van der Waals surface area contributed by atoms with Crippen LogP contribution in [0.2, 0.25) is 10.0 Å². The van der Waals surface area contributed by atoms with Crippen molar-refractivity contribution in [2.24, 2.45) is 0 Å². The molecule has 0 radical (unpaired) electrons. The Balaban J connectivity index is 3.68. The van der Waals surface area contributed by atoms with E-state index in [1.807, 2.05) is 0 Å². The molecule has 0 saturated carbocycles. The molecule has 0 amide bonds. The van der Waals surface area contributed by atoms with Crippen LogP contribution in [-0.2, 0) is 0 Å². The van der Waals surface area contributed by atoms with Gasteiger partial charge in [-0.1, -0.05) is 23.2 Å². The van der Waals surface area contributed by atoms with Gasteiger partial charge in [0.25, 0.3) is 0 Å². The zero-order valence-corrected chi connectivity index (χ0v) is 13.1. The lowest BCUT2D eigenvalue weighted by Crippen LogP contribution is -1.97. The Morgan fingerprint density at radius 1 is 1.00 bits per heavy atom. The van der Waals surface area contributed by atoms with Gasteiger partial charge in [0, 0.05) is 14.5 Å². The van der Waals surface area contributed by atoms with Gasteiger partial charge in [-0.25, -0.2) is 0 Å². The number of carbonyl (C=O) groups is 1. The van der Waals surface area contributed by atoms with Crippen molar-refractivity contribution >= 4 is 76.8 Å².